The number of aromatic nitrogens is 2. The summed E-state index contributed by atoms with van der Waals surface area (Å²) < 4.78 is 1.96. The van der Waals surface area contributed by atoms with Crippen molar-refractivity contribution in [3.8, 4) is 11.3 Å². The molecule has 18 heavy (non-hydrogen) atoms. The minimum Gasteiger partial charge on any atom is -0.394 e. The van der Waals surface area contributed by atoms with Crippen molar-refractivity contribution in [2.45, 2.75) is 19.5 Å². The highest BCUT2D eigenvalue weighted by molar-refractivity contribution is 5.64. The van der Waals surface area contributed by atoms with Crippen molar-refractivity contribution in [3.05, 3.63) is 41.6 Å². The molecule has 0 unspecified atom stereocenters. The lowest BCUT2D eigenvalue weighted by atomic mass is 10.0. The van der Waals surface area contributed by atoms with E-state index in [1.54, 1.807) is 0 Å². The van der Waals surface area contributed by atoms with Gasteiger partial charge in [-0.15, -0.1) is 0 Å². The molecular weight excluding hydrogens is 226 g/mol. The zero-order valence-electron chi connectivity index (χ0n) is 10.3. The average molecular weight is 243 g/mol. The quantitative estimate of drug-likeness (QED) is 0.851. The van der Waals surface area contributed by atoms with Gasteiger partial charge in [-0.05, 0) is 0 Å². The Morgan fingerprint density at radius 1 is 1.28 bits per heavy atom. The number of hydrogen-bond donors (Lipinski definition) is 2. The maximum atomic E-state index is 9.12. The Bertz CT molecular complexity index is 533. The zero-order chi connectivity index (χ0) is 12.4. The minimum atomic E-state index is 0.135. The van der Waals surface area contributed by atoms with Crippen LogP contribution in [0.15, 0.2) is 30.3 Å². The summed E-state index contributed by atoms with van der Waals surface area (Å²) in [4.78, 5) is 0. The molecule has 2 N–H and O–H groups in total. The molecule has 1 aromatic carbocycles. The van der Waals surface area contributed by atoms with Gasteiger partial charge in [0.1, 0.15) is 0 Å². The second-order valence-corrected chi connectivity index (χ2v) is 4.51. The predicted molar refractivity (Wildman–Crippen MR) is 70.2 cm³/mol. The molecule has 0 saturated carbocycles. The Morgan fingerprint density at radius 3 is 2.89 bits per heavy atom. The number of nitrogens with zero attached hydrogens (tertiary/aromatic N) is 2. The lowest BCUT2D eigenvalue weighted by Crippen LogP contribution is -2.25. The molecule has 2 heterocycles. The van der Waals surface area contributed by atoms with E-state index in [9.17, 15) is 0 Å². The van der Waals surface area contributed by atoms with Crippen LogP contribution in [0.4, 0.5) is 0 Å². The van der Waals surface area contributed by atoms with Crippen molar-refractivity contribution in [1.82, 2.24) is 15.1 Å². The number of aliphatic hydroxyl groups is 1. The van der Waals surface area contributed by atoms with Gasteiger partial charge in [-0.2, -0.15) is 5.10 Å². The fourth-order valence-corrected chi connectivity index (χ4v) is 2.53. The predicted octanol–water partition coefficient (Wildman–Crippen LogP) is 1.19. The monoisotopic (exact) mass is 243 g/mol. The molecule has 0 atom stereocenters. The van der Waals surface area contributed by atoms with Gasteiger partial charge in [-0.3, -0.25) is 4.68 Å². The SMILES string of the molecule is OCCn1nc(-c2ccccc2)c2c1CCNC2. The highest BCUT2D eigenvalue weighted by Crippen LogP contribution is 2.27. The van der Waals surface area contributed by atoms with Gasteiger partial charge in [0.05, 0.1) is 18.8 Å². The lowest BCUT2D eigenvalue weighted by molar-refractivity contribution is 0.267. The van der Waals surface area contributed by atoms with Gasteiger partial charge >= 0.3 is 0 Å². The van der Waals surface area contributed by atoms with E-state index in [4.69, 9.17) is 5.11 Å². The van der Waals surface area contributed by atoms with E-state index < -0.39 is 0 Å². The van der Waals surface area contributed by atoms with Crippen LogP contribution >= 0.6 is 0 Å². The summed E-state index contributed by atoms with van der Waals surface area (Å²) in [5.41, 5.74) is 4.74. The maximum absolute atomic E-state index is 9.12. The number of hydrogen-bond acceptors (Lipinski definition) is 3. The molecular formula is C14H17N3O. The molecule has 1 aliphatic heterocycles. The van der Waals surface area contributed by atoms with Gasteiger partial charge in [-0.1, -0.05) is 30.3 Å². The first-order chi connectivity index (χ1) is 8.90. The van der Waals surface area contributed by atoms with Gasteiger partial charge in [0, 0.05) is 36.3 Å². The van der Waals surface area contributed by atoms with Crippen molar-refractivity contribution >= 4 is 0 Å². The molecule has 0 amide bonds. The minimum absolute atomic E-state index is 0.135. The maximum Gasteiger partial charge on any atom is 0.0971 e. The molecule has 0 fully saturated rings. The van der Waals surface area contributed by atoms with E-state index >= 15 is 0 Å². The first-order valence-corrected chi connectivity index (χ1v) is 6.35. The first-order valence-electron chi connectivity index (χ1n) is 6.35. The van der Waals surface area contributed by atoms with Crippen molar-refractivity contribution < 1.29 is 5.11 Å². The molecule has 0 radical (unpaired) electrons. The normalized spacial score (nSPS) is 14.5. The van der Waals surface area contributed by atoms with Gasteiger partial charge in [0.15, 0.2) is 0 Å². The first kappa shape index (κ1) is 11.4. The van der Waals surface area contributed by atoms with E-state index in [0.717, 1.165) is 30.8 Å². The molecule has 4 heteroatoms. The molecule has 94 valence electrons. The van der Waals surface area contributed by atoms with Crippen LogP contribution in [0.3, 0.4) is 0 Å². The van der Waals surface area contributed by atoms with Crippen LogP contribution in [-0.4, -0.2) is 28.0 Å². The highest BCUT2D eigenvalue weighted by atomic mass is 16.3. The molecule has 0 bridgehead atoms. The molecule has 0 saturated heterocycles. The van der Waals surface area contributed by atoms with Crippen LogP contribution in [-0.2, 0) is 19.5 Å². The fraction of sp³-hybridized carbons (Fsp3) is 0.357. The zero-order valence-corrected chi connectivity index (χ0v) is 10.3. The smallest absolute Gasteiger partial charge is 0.0971 e. The summed E-state index contributed by atoms with van der Waals surface area (Å²) in [6.07, 6.45) is 0.981. The third-order valence-corrected chi connectivity index (χ3v) is 3.37. The summed E-state index contributed by atoms with van der Waals surface area (Å²) in [5.74, 6) is 0. The van der Waals surface area contributed by atoms with Crippen LogP contribution in [0.25, 0.3) is 11.3 Å². The standard InChI is InChI=1S/C14H17N3O/c18-9-8-17-13-6-7-15-10-12(13)14(16-17)11-4-2-1-3-5-11/h1-5,15,18H,6-10H2. The largest absolute Gasteiger partial charge is 0.394 e. The number of benzene rings is 1. The second kappa shape index (κ2) is 4.92. The van der Waals surface area contributed by atoms with Crippen molar-refractivity contribution in [1.29, 1.82) is 0 Å². The molecule has 1 aromatic heterocycles. The number of fused-ring (bicyclic) bond motifs is 1. The van der Waals surface area contributed by atoms with Gasteiger partial charge in [0.25, 0.3) is 0 Å². The number of nitrogens with one attached hydrogen (secondary N) is 1. The van der Waals surface area contributed by atoms with E-state index in [0.29, 0.717) is 6.54 Å². The van der Waals surface area contributed by atoms with Gasteiger partial charge in [0.2, 0.25) is 0 Å². The van der Waals surface area contributed by atoms with Crippen molar-refractivity contribution in [2.24, 2.45) is 0 Å². The Balaban J connectivity index is 2.09. The molecule has 4 nitrogen and oxygen atoms in total. The summed E-state index contributed by atoms with van der Waals surface area (Å²) in [7, 11) is 0. The van der Waals surface area contributed by atoms with Gasteiger partial charge < -0.3 is 10.4 Å². The van der Waals surface area contributed by atoms with Crippen LogP contribution in [0.1, 0.15) is 11.3 Å². The van der Waals surface area contributed by atoms with Crippen LogP contribution < -0.4 is 5.32 Å². The third-order valence-electron chi connectivity index (χ3n) is 3.37. The Kier molecular flexibility index (Phi) is 3.13. The molecule has 2 aromatic rings. The number of aliphatic hydroxyl groups excluding tert-OH is 1. The van der Waals surface area contributed by atoms with E-state index in [1.807, 2.05) is 22.9 Å². The van der Waals surface area contributed by atoms with E-state index in [2.05, 4.69) is 22.5 Å². The average Bonchev–Trinajstić information content (AvgIpc) is 2.80. The Hall–Kier alpha value is -1.65. The van der Waals surface area contributed by atoms with E-state index in [-0.39, 0.29) is 6.61 Å². The summed E-state index contributed by atoms with van der Waals surface area (Å²) in [6.45, 7) is 2.56. The molecule has 1 aliphatic rings. The van der Waals surface area contributed by atoms with Crippen LogP contribution in [0, 0.1) is 0 Å². The van der Waals surface area contributed by atoms with E-state index in [1.165, 1.54) is 11.3 Å². The van der Waals surface area contributed by atoms with Gasteiger partial charge in [-0.25, -0.2) is 0 Å². The second-order valence-electron chi connectivity index (χ2n) is 4.51. The molecule has 0 spiro atoms. The topological polar surface area (TPSA) is 50.1 Å². The summed E-state index contributed by atoms with van der Waals surface area (Å²) in [6, 6.07) is 10.2. The number of rotatable bonds is 3. The van der Waals surface area contributed by atoms with Crippen molar-refractivity contribution in [3.63, 3.8) is 0 Å². The third kappa shape index (κ3) is 1.94. The summed E-state index contributed by atoms with van der Waals surface area (Å²) in [5, 5.41) is 17.2. The highest BCUT2D eigenvalue weighted by Gasteiger charge is 2.20. The van der Waals surface area contributed by atoms with Crippen LogP contribution in [0.5, 0.6) is 0 Å². The molecule has 3 rings (SSSR count). The molecule has 0 aliphatic carbocycles. The van der Waals surface area contributed by atoms with Crippen molar-refractivity contribution in [2.75, 3.05) is 13.2 Å². The summed E-state index contributed by atoms with van der Waals surface area (Å²) >= 11 is 0. The fourth-order valence-electron chi connectivity index (χ4n) is 2.53. The lowest BCUT2D eigenvalue weighted by Gasteiger charge is -2.15. The Morgan fingerprint density at radius 2 is 2.11 bits per heavy atom. The Labute approximate surface area is 106 Å². The van der Waals surface area contributed by atoms with Crippen LogP contribution in [0.2, 0.25) is 0 Å².